The minimum Gasteiger partial charge on any atom is -0.335 e. The molecule has 0 aliphatic rings. The Bertz CT molecular complexity index is 1010. The number of carbonyl (C=O) groups excluding carboxylic acids is 1. The van der Waals surface area contributed by atoms with Crippen LogP contribution >= 0.6 is 0 Å². The first-order chi connectivity index (χ1) is 13.1. The van der Waals surface area contributed by atoms with E-state index in [4.69, 9.17) is 0 Å². The van der Waals surface area contributed by atoms with E-state index in [9.17, 15) is 13.6 Å². The molecule has 0 heterocycles. The number of rotatable bonds is 3. The highest BCUT2D eigenvalue weighted by Gasteiger charge is 2.46. The molecule has 0 saturated carbocycles. The van der Waals surface area contributed by atoms with Gasteiger partial charge in [0, 0.05) is 11.1 Å². The van der Waals surface area contributed by atoms with Crippen molar-refractivity contribution in [3.05, 3.63) is 77.9 Å². The molecule has 3 aromatic carbocycles. The zero-order chi connectivity index (χ0) is 20.7. The van der Waals surface area contributed by atoms with E-state index in [0.29, 0.717) is 5.69 Å². The molecule has 0 spiro atoms. The SMILES string of the molecule is CC(C)(C)[Si](C)(C)N(C(=O)c1c(F)cccc1F)c1cccc2ccccc12. The first-order valence-electron chi connectivity index (χ1n) is 9.32. The maximum atomic E-state index is 14.5. The van der Waals surface area contributed by atoms with E-state index in [0.717, 1.165) is 22.9 Å². The molecule has 3 rings (SSSR count). The van der Waals surface area contributed by atoms with E-state index in [1.807, 2.05) is 42.5 Å². The summed E-state index contributed by atoms with van der Waals surface area (Å²) in [5.41, 5.74) is 0.192. The number of amides is 1. The molecule has 1 amide bonds. The first-order valence-corrected chi connectivity index (χ1v) is 12.3. The van der Waals surface area contributed by atoms with Crippen molar-refractivity contribution < 1.29 is 13.6 Å². The molecular weight excluding hydrogens is 372 g/mol. The number of anilines is 1. The average molecular weight is 398 g/mol. The lowest BCUT2D eigenvalue weighted by molar-refractivity contribution is 0.0994. The number of fused-ring (bicyclic) bond motifs is 1. The fourth-order valence-electron chi connectivity index (χ4n) is 3.22. The maximum Gasteiger partial charge on any atom is 0.256 e. The van der Waals surface area contributed by atoms with Crippen molar-refractivity contribution in [3.8, 4) is 0 Å². The third-order valence-corrected chi connectivity index (χ3v) is 11.0. The van der Waals surface area contributed by atoms with E-state index < -0.39 is 31.3 Å². The first kappa shape index (κ1) is 20.2. The van der Waals surface area contributed by atoms with E-state index in [1.165, 1.54) is 6.07 Å². The van der Waals surface area contributed by atoms with Crippen LogP contribution in [-0.2, 0) is 0 Å². The van der Waals surface area contributed by atoms with Crippen LogP contribution < -0.4 is 4.57 Å². The highest BCUT2D eigenvalue weighted by atomic mass is 28.3. The second kappa shape index (κ2) is 7.13. The summed E-state index contributed by atoms with van der Waals surface area (Å²) in [6, 6.07) is 17.0. The van der Waals surface area contributed by atoms with Crippen LogP contribution in [0.25, 0.3) is 10.8 Å². The summed E-state index contributed by atoms with van der Waals surface area (Å²) < 4.78 is 30.7. The summed E-state index contributed by atoms with van der Waals surface area (Å²) >= 11 is 0. The summed E-state index contributed by atoms with van der Waals surface area (Å²) in [5, 5.41) is 1.65. The zero-order valence-corrected chi connectivity index (χ0v) is 17.9. The van der Waals surface area contributed by atoms with Crippen molar-refractivity contribution in [3.63, 3.8) is 0 Å². The fourth-order valence-corrected chi connectivity index (χ4v) is 5.30. The lowest BCUT2D eigenvalue weighted by Gasteiger charge is -2.46. The van der Waals surface area contributed by atoms with Crippen LogP contribution in [0.5, 0.6) is 0 Å². The minimum atomic E-state index is -2.53. The van der Waals surface area contributed by atoms with Crippen molar-refractivity contribution in [2.75, 3.05) is 4.57 Å². The molecule has 0 aromatic heterocycles. The van der Waals surface area contributed by atoms with Gasteiger partial charge in [0.2, 0.25) is 0 Å². The maximum absolute atomic E-state index is 14.5. The molecule has 3 aromatic rings. The number of carbonyl (C=O) groups is 1. The van der Waals surface area contributed by atoms with Gasteiger partial charge in [0.25, 0.3) is 5.91 Å². The van der Waals surface area contributed by atoms with Crippen LogP contribution in [0, 0.1) is 11.6 Å². The largest absolute Gasteiger partial charge is 0.335 e. The van der Waals surface area contributed by atoms with E-state index in [-0.39, 0.29) is 5.04 Å². The number of nitrogens with zero attached hydrogens (tertiary/aromatic N) is 1. The Morgan fingerprint density at radius 3 is 2.00 bits per heavy atom. The summed E-state index contributed by atoms with van der Waals surface area (Å²) in [6.07, 6.45) is 0. The quantitative estimate of drug-likeness (QED) is 0.447. The summed E-state index contributed by atoms with van der Waals surface area (Å²) in [6.45, 7) is 10.3. The van der Waals surface area contributed by atoms with Gasteiger partial charge in [-0.05, 0) is 28.6 Å². The van der Waals surface area contributed by atoms with Gasteiger partial charge < -0.3 is 4.57 Å². The third-order valence-electron chi connectivity index (χ3n) is 5.78. The van der Waals surface area contributed by atoms with Crippen LogP contribution in [0.15, 0.2) is 60.7 Å². The summed E-state index contributed by atoms with van der Waals surface area (Å²) in [7, 11) is -2.53. The Hall–Kier alpha value is -2.53. The molecule has 28 heavy (non-hydrogen) atoms. The van der Waals surface area contributed by atoms with Crippen LogP contribution in [0.2, 0.25) is 18.1 Å². The Morgan fingerprint density at radius 2 is 1.39 bits per heavy atom. The lowest BCUT2D eigenvalue weighted by Crippen LogP contribution is -2.58. The summed E-state index contributed by atoms with van der Waals surface area (Å²) in [4.78, 5) is 13.6. The normalized spacial score (nSPS) is 12.2. The third kappa shape index (κ3) is 3.35. The van der Waals surface area contributed by atoms with E-state index in [1.54, 1.807) is 4.57 Å². The van der Waals surface area contributed by atoms with Gasteiger partial charge in [0.1, 0.15) is 17.2 Å². The number of hydrogen-bond acceptors (Lipinski definition) is 1. The second-order valence-electron chi connectivity index (χ2n) is 8.54. The van der Waals surface area contributed by atoms with Crippen molar-refractivity contribution >= 4 is 30.6 Å². The van der Waals surface area contributed by atoms with Gasteiger partial charge in [-0.25, -0.2) is 8.78 Å². The molecule has 0 radical (unpaired) electrons. The molecule has 0 bridgehead atoms. The predicted molar refractivity (Wildman–Crippen MR) is 114 cm³/mol. The molecule has 2 nitrogen and oxygen atoms in total. The molecule has 0 aliphatic heterocycles. The van der Waals surface area contributed by atoms with Crippen LogP contribution in [0.3, 0.4) is 0 Å². The number of halogens is 2. The topological polar surface area (TPSA) is 20.3 Å². The molecule has 0 unspecified atom stereocenters. The van der Waals surface area contributed by atoms with Gasteiger partial charge in [-0.1, -0.05) is 76.3 Å². The Labute approximate surface area is 165 Å². The molecule has 0 saturated heterocycles. The molecule has 0 fully saturated rings. The van der Waals surface area contributed by atoms with Gasteiger partial charge in [0.05, 0.1) is 0 Å². The smallest absolute Gasteiger partial charge is 0.256 e. The Balaban J connectivity index is 2.32. The highest BCUT2D eigenvalue weighted by molar-refractivity contribution is 6.87. The molecule has 0 aliphatic carbocycles. The van der Waals surface area contributed by atoms with Gasteiger partial charge >= 0.3 is 0 Å². The highest BCUT2D eigenvalue weighted by Crippen LogP contribution is 2.43. The van der Waals surface area contributed by atoms with E-state index in [2.05, 4.69) is 33.9 Å². The summed E-state index contributed by atoms with van der Waals surface area (Å²) in [5.74, 6) is -2.30. The lowest BCUT2D eigenvalue weighted by atomic mass is 10.1. The van der Waals surface area contributed by atoms with Gasteiger partial charge in [0.15, 0.2) is 8.24 Å². The molecule has 146 valence electrons. The van der Waals surface area contributed by atoms with Crippen LogP contribution in [0.4, 0.5) is 14.5 Å². The fraction of sp³-hybridized carbons (Fsp3) is 0.261. The van der Waals surface area contributed by atoms with Gasteiger partial charge in [-0.2, -0.15) is 0 Å². The van der Waals surface area contributed by atoms with Crippen molar-refractivity contribution in [2.45, 2.75) is 38.9 Å². The minimum absolute atomic E-state index is 0.221. The number of hydrogen-bond donors (Lipinski definition) is 0. The van der Waals surface area contributed by atoms with Gasteiger partial charge in [-0.15, -0.1) is 0 Å². The van der Waals surface area contributed by atoms with Crippen LogP contribution in [-0.4, -0.2) is 14.1 Å². The number of benzene rings is 3. The molecule has 0 N–H and O–H groups in total. The van der Waals surface area contributed by atoms with Crippen molar-refractivity contribution in [2.24, 2.45) is 0 Å². The van der Waals surface area contributed by atoms with Crippen molar-refractivity contribution in [1.29, 1.82) is 0 Å². The van der Waals surface area contributed by atoms with E-state index >= 15 is 0 Å². The molecule has 5 heteroatoms. The van der Waals surface area contributed by atoms with Crippen LogP contribution in [0.1, 0.15) is 31.1 Å². The molecule has 0 atom stereocenters. The van der Waals surface area contributed by atoms with Crippen molar-refractivity contribution in [1.82, 2.24) is 0 Å². The standard InChI is InChI=1S/C23H25F2NOSi/c1-23(2,3)28(4,5)26(22(27)21-18(24)13-9-14-19(21)25)20-15-8-11-16-10-6-7-12-17(16)20/h6-15H,1-5H3. The Morgan fingerprint density at radius 1 is 0.857 bits per heavy atom. The zero-order valence-electron chi connectivity index (χ0n) is 16.9. The average Bonchev–Trinajstić information content (AvgIpc) is 2.61. The second-order valence-corrected chi connectivity index (χ2v) is 13.6. The van der Waals surface area contributed by atoms with Gasteiger partial charge in [-0.3, -0.25) is 4.79 Å². The molecular formula is C23H25F2NOSi. The Kier molecular flexibility index (Phi) is 5.15. The predicted octanol–water partition coefficient (Wildman–Crippen LogP) is 6.77. The monoisotopic (exact) mass is 397 g/mol.